The van der Waals surface area contributed by atoms with E-state index in [0.717, 1.165) is 48.7 Å². The van der Waals surface area contributed by atoms with Gasteiger partial charge in [0.05, 0.1) is 41.2 Å². The molecule has 2 aromatic carbocycles. The van der Waals surface area contributed by atoms with Gasteiger partial charge in [-0.15, -0.1) is 11.3 Å². The molecule has 0 saturated heterocycles. The van der Waals surface area contributed by atoms with Crippen molar-refractivity contribution in [1.29, 1.82) is 0 Å². The highest BCUT2D eigenvalue weighted by molar-refractivity contribution is 7.22. The number of aliphatic hydroxyl groups excluding tert-OH is 1. The number of hydrogen-bond donors (Lipinski definition) is 1. The van der Waals surface area contributed by atoms with Gasteiger partial charge in [-0.25, -0.2) is 15.0 Å². The van der Waals surface area contributed by atoms with E-state index >= 15 is 0 Å². The van der Waals surface area contributed by atoms with Crippen LogP contribution in [0.4, 0.5) is 0 Å². The highest BCUT2D eigenvalue weighted by Gasteiger charge is 2.26. The van der Waals surface area contributed by atoms with Crippen LogP contribution in [0.1, 0.15) is 11.1 Å². The Hall–Kier alpha value is -2.77. The molecule has 0 spiro atoms. The van der Waals surface area contributed by atoms with Crippen molar-refractivity contribution < 1.29 is 14.6 Å². The summed E-state index contributed by atoms with van der Waals surface area (Å²) in [5, 5.41) is 10.3. The minimum atomic E-state index is -0.172. The lowest BCUT2D eigenvalue weighted by molar-refractivity contribution is 0.134. The number of ether oxygens (including phenoxy) is 2. The molecule has 136 valence electrons. The molecule has 0 aliphatic carbocycles. The molecule has 6 nitrogen and oxygen atoms in total. The van der Waals surface area contributed by atoms with Gasteiger partial charge in [-0.2, -0.15) is 0 Å². The molecule has 0 fully saturated rings. The summed E-state index contributed by atoms with van der Waals surface area (Å²) in [6, 6.07) is 8.00. The SMILES string of the molecule is COc1cnc2c(-c3nc4ccc5c(c4s3)CC(CO)O5)cc(C)cc2n1. The van der Waals surface area contributed by atoms with Crippen molar-refractivity contribution in [3.8, 4) is 22.2 Å². The number of aryl methyl sites for hydroxylation is 1. The fraction of sp³-hybridized carbons (Fsp3) is 0.250. The lowest BCUT2D eigenvalue weighted by Gasteiger charge is -2.06. The fourth-order valence-corrected chi connectivity index (χ4v) is 4.64. The summed E-state index contributed by atoms with van der Waals surface area (Å²) < 4.78 is 12.1. The van der Waals surface area contributed by atoms with Crippen molar-refractivity contribution in [2.75, 3.05) is 13.7 Å². The first-order valence-corrected chi connectivity index (χ1v) is 9.49. The van der Waals surface area contributed by atoms with E-state index in [1.807, 2.05) is 25.1 Å². The van der Waals surface area contributed by atoms with E-state index in [1.165, 1.54) is 0 Å². The highest BCUT2D eigenvalue weighted by Crippen LogP contribution is 2.41. The molecule has 1 N–H and O–H groups in total. The number of aromatic nitrogens is 3. The number of fused-ring (bicyclic) bond motifs is 4. The Morgan fingerprint density at radius 2 is 2.15 bits per heavy atom. The second kappa shape index (κ2) is 6.14. The third-order valence-corrected chi connectivity index (χ3v) is 5.92. The van der Waals surface area contributed by atoms with Crippen LogP contribution in [0.15, 0.2) is 30.5 Å². The van der Waals surface area contributed by atoms with Gasteiger partial charge in [0.25, 0.3) is 0 Å². The Labute approximate surface area is 159 Å². The zero-order valence-corrected chi connectivity index (χ0v) is 15.7. The maximum Gasteiger partial charge on any atom is 0.232 e. The van der Waals surface area contributed by atoms with Crippen molar-refractivity contribution in [1.82, 2.24) is 15.0 Å². The van der Waals surface area contributed by atoms with Gasteiger partial charge >= 0.3 is 0 Å². The first kappa shape index (κ1) is 16.4. The first-order valence-electron chi connectivity index (χ1n) is 8.68. The normalized spacial score (nSPS) is 15.9. The predicted molar refractivity (Wildman–Crippen MR) is 105 cm³/mol. The summed E-state index contributed by atoms with van der Waals surface area (Å²) in [4.78, 5) is 13.9. The zero-order valence-electron chi connectivity index (χ0n) is 14.9. The summed E-state index contributed by atoms with van der Waals surface area (Å²) >= 11 is 1.63. The molecule has 0 radical (unpaired) electrons. The maximum atomic E-state index is 9.42. The van der Waals surface area contributed by atoms with Gasteiger partial charge in [-0.3, -0.25) is 0 Å². The Balaban J connectivity index is 1.70. The van der Waals surface area contributed by atoms with E-state index < -0.39 is 0 Å². The molecule has 0 bridgehead atoms. The summed E-state index contributed by atoms with van der Waals surface area (Å²) in [6.07, 6.45) is 2.16. The minimum Gasteiger partial charge on any atom is -0.487 e. The monoisotopic (exact) mass is 379 g/mol. The van der Waals surface area contributed by atoms with Gasteiger partial charge in [0, 0.05) is 17.5 Å². The standard InChI is InChI=1S/C20H17N3O3S/c1-10-5-13(18-15(6-10)22-17(25-2)8-21-18)20-23-14-3-4-16-12(19(14)27-20)7-11(9-24)26-16/h3-6,8,11,24H,7,9H2,1-2H3. The largest absolute Gasteiger partial charge is 0.487 e. The molecule has 3 heterocycles. The first-order chi connectivity index (χ1) is 13.2. The average Bonchev–Trinajstić information content (AvgIpc) is 3.29. The van der Waals surface area contributed by atoms with Crippen molar-refractivity contribution in [3.05, 3.63) is 41.6 Å². The zero-order chi connectivity index (χ0) is 18.5. The average molecular weight is 379 g/mol. The summed E-state index contributed by atoms with van der Waals surface area (Å²) in [7, 11) is 1.59. The van der Waals surface area contributed by atoms with Crippen LogP contribution in [0.25, 0.3) is 31.8 Å². The lowest BCUT2D eigenvalue weighted by Crippen LogP contribution is -2.17. The molecule has 1 unspecified atom stereocenters. The van der Waals surface area contributed by atoms with Gasteiger partial charge in [0.2, 0.25) is 5.88 Å². The van der Waals surface area contributed by atoms with Crippen molar-refractivity contribution in [2.45, 2.75) is 19.4 Å². The van der Waals surface area contributed by atoms with Crippen LogP contribution >= 0.6 is 11.3 Å². The van der Waals surface area contributed by atoms with Crippen LogP contribution in [-0.2, 0) is 6.42 Å². The lowest BCUT2D eigenvalue weighted by atomic mass is 10.1. The Morgan fingerprint density at radius 3 is 2.96 bits per heavy atom. The van der Waals surface area contributed by atoms with Gasteiger partial charge in [0.15, 0.2) is 0 Å². The number of hydrogen-bond acceptors (Lipinski definition) is 7. The molecule has 2 aromatic heterocycles. The molecule has 1 aliphatic rings. The van der Waals surface area contributed by atoms with Crippen LogP contribution < -0.4 is 9.47 Å². The van der Waals surface area contributed by atoms with Crippen LogP contribution in [0.3, 0.4) is 0 Å². The highest BCUT2D eigenvalue weighted by atomic mass is 32.1. The second-order valence-corrected chi connectivity index (χ2v) is 7.63. The number of rotatable bonds is 3. The topological polar surface area (TPSA) is 77.4 Å². The summed E-state index contributed by atoms with van der Waals surface area (Å²) in [5.74, 6) is 1.34. The van der Waals surface area contributed by atoms with Crippen molar-refractivity contribution >= 4 is 32.6 Å². The molecule has 0 amide bonds. The van der Waals surface area contributed by atoms with Gasteiger partial charge in [-0.05, 0) is 36.8 Å². The Bertz CT molecular complexity index is 1190. The molecule has 1 aliphatic heterocycles. The van der Waals surface area contributed by atoms with Crippen LogP contribution in [-0.4, -0.2) is 39.9 Å². The number of aliphatic hydroxyl groups is 1. The van der Waals surface area contributed by atoms with Crippen molar-refractivity contribution in [3.63, 3.8) is 0 Å². The number of thiazole rings is 1. The minimum absolute atomic E-state index is 0.0156. The van der Waals surface area contributed by atoms with E-state index in [-0.39, 0.29) is 12.7 Å². The third-order valence-electron chi connectivity index (χ3n) is 4.75. The Morgan fingerprint density at radius 1 is 1.26 bits per heavy atom. The molecule has 0 saturated carbocycles. The van der Waals surface area contributed by atoms with Crippen LogP contribution in [0.5, 0.6) is 11.6 Å². The summed E-state index contributed by atoms with van der Waals surface area (Å²) in [5.41, 5.74) is 5.71. The van der Waals surface area contributed by atoms with E-state index in [0.29, 0.717) is 12.3 Å². The molecule has 27 heavy (non-hydrogen) atoms. The molecule has 1 atom stereocenters. The maximum absolute atomic E-state index is 9.42. The van der Waals surface area contributed by atoms with E-state index in [1.54, 1.807) is 24.6 Å². The molecule has 7 heteroatoms. The third kappa shape index (κ3) is 2.62. The van der Waals surface area contributed by atoms with E-state index in [4.69, 9.17) is 14.5 Å². The number of nitrogens with zero attached hydrogens (tertiary/aromatic N) is 3. The van der Waals surface area contributed by atoms with Crippen molar-refractivity contribution in [2.24, 2.45) is 0 Å². The van der Waals surface area contributed by atoms with E-state index in [9.17, 15) is 5.11 Å². The van der Waals surface area contributed by atoms with Gasteiger partial charge in [-0.1, -0.05) is 0 Å². The molecular weight excluding hydrogens is 362 g/mol. The Kier molecular flexibility index (Phi) is 3.73. The van der Waals surface area contributed by atoms with Gasteiger partial charge in [0.1, 0.15) is 16.9 Å². The molecule has 5 rings (SSSR count). The number of methoxy groups -OCH3 is 1. The van der Waals surface area contributed by atoms with Crippen LogP contribution in [0.2, 0.25) is 0 Å². The molecular formula is C20H17N3O3S. The second-order valence-electron chi connectivity index (χ2n) is 6.63. The number of benzene rings is 2. The molecule has 4 aromatic rings. The fourth-order valence-electron chi connectivity index (χ4n) is 3.51. The quantitative estimate of drug-likeness (QED) is 0.587. The smallest absolute Gasteiger partial charge is 0.232 e. The van der Waals surface area contributed by atoms with E-state index in [2.05, 4.69) is 16.0 Å². The predicted octanol–water partition coefficient (Wildman–Crippen LogP) is 3.52. The van der Waals surface area contributed by atoms with Gasteiger partial charge < -0.3 is 14.6 Å². The summed E-state index contributed by atoms with van der Waals surface area (Å²) in [6.45, 7) is 2.05. The van der Waals surface area contributed by atoms with Crippen LogP contribution in [0, 0.1) is 6.92 Å².